The summed E-state index contributed by atoms with van der Waals surface area (Å²) in [5.74, 6) is -0.0958. The minimum Gasteiger partial charge on any atom is -0.399 e. The van der Waals surface area contributed by atoms with Crippen LogP contribution in [0.3, 0.4) is 0 Å². The molecule has 1 rings (SSSR count). The Kier molecular flexibility index (Phi) is 3.68. The third-order valence-corrected chi connectivity index (χ3v) is 2.26. The number of likely N-dealkylation sites (N-methyl/N-ethyl adjacent to an activating group) is 1. The Morgan fingerprint density at radius 1 is 1.53 bits per heavy atom. The molecule has 0 unspecified atom stereocenters. The van der Waals surface area contributed by atoms with Gasteiger partial charge >= 0.3 is 0 Å². The first kappa shape index (κ1) is 11.5. The lowest BCUT2D eigenvalue weighted by atomic mass is 10.1. The number of carbonyl (C=O) groups excluding carboxylic acids is 1. The topological polar surface area (TPSA) is 66.6 Å². The van der Waals surface area contributed by atoms with Gasteiger partial charge in [0.25, 0.3) is 5.91 Å². The Labute approximate surface area is 89.3 Å². The second kappa shape index (κ2) is 4.79. The van der Waals surface area contributed by atoms with Gasteiger partial charge in [-0.1, -0.05) is 0 Å². The van der Waals surface area contributed by atoms with Crippen molar-refractivity contribution in [2.24, 2.45) is 0 Å². The molecule has 15 heavy (non-hydrogen) atoms. The molecule has 82 valence electrons. The Bertz CT molecular complexity index is 364. The van der Waals surface area contributed by atoms with Gasteiger partial charge in [0.2, 0.25) is 0 Å². The summed E-state index contributed by atoms with van der Waals surface area (Å²) < 4.78 is 0. The number of anilines is 1. The molecule has 0 aromatic heterocycles. The summed E-state index contributed by atoms with van der Waals surface area (Å²) in [6.07, 6.45) is 0. The summed E-state index contributed by atoms with van der Waals surface area (Å²) in [5, 5.41) is 8.73. The van der Waals surface area contributed by atoms with Crippen molar-refractivity contribution in [1.29, 1.82) is 0 Å². The van der Waals surface area contributed by atoms with Gasteiger partial charge in [0.05, 0.1) is 6.61 Å². The number of nitrogens with zero attached hydrogens (tertiary/aromatic N) is 1. The number of hydrogen-bond donors (Lipinski definition) is 2. The molecule has 0 aliphatic heterocycles. The quantitative estimate of drug-likeness (QED) is 0.716. The lowest BCUT2D eigenvalue weighted by Crippen LogP contribution is -2.29. The van der Waals surface area contributed by atoms with Crippen LogP contribution in [0.4, 0.5) is 5.69 Å². The molecule has 1 aromatic carbocycles. The van der Waals surface area contributed by atoms with Crippen LogP contribution in [0.1, 0.15) is 15.9 Å². The first-order valence-electron chi connectivity index (χ1n) is 4.78. The molecule has 0 saturated heterocycles. The van der Waals surface area contributed by atoms with E-state index in [1.165, 1.54) is 4.90 Å². The lowest BCUT2D eigenvalue weighted by molar-refractivity contribution is 0.0766. The zero-order valence-corrected chi connectivity index (χ0v) is 9.03. The highest BCUT2D eigenvalue weighted by molar-refractivity contribution is 5.95. The van der Waals surface area contributed by atoms with Crippen molar-refractivity contribution >= 4 is 11.6 Å². The van der Waals surface area contributed by atoms with E-state index in [1.54, 1.807) is 25.2 Å². The maximum absolute atomic E-state index is 11.8. The summed E-state index contributed by atoms with van der Waals surface area (Å²) in [4.78, 5) is 13.3. The third kappa shape index (κ3) is 2.70. The van der Waals surface area contributed by atoms with Crippen LogP contribution >= 0.6 is 0 Å². The molecular weight excluding hydrogens is 192 g/mol. The van der Waals surface area contributed by atoms with Crippen LogP contribution in [0.25, 0.3) is 0 Å². The Morgan fingerprint density at radius 3 is 2.73 bits per heavy atom. The van der Waals surface area contributed by atoms with Gasteiger partial charge in [-0.05, 0) is 30.7 Å². The van der Waals surface area contributed by atoms with Gasteiger partial charge in [-0.2, -0.15) is 0 Å². The number of nitrogen functional groups attached to an aromatic ring is 1. The smallest absolute Gasteiger partial charge is 0.253 e. The van der Waals surface area contributed by atoms with Crippen molar-refractivity contribution in [2.45, 2.75) is 6.92 Å². The predicted octanol–water partition coefficient (Wildman–Crippen LogP) is 0.642. The fourth-order valence-corrected chi connectivity index (χ4v) is 1.38. The van der Waals surface area contributed by atoms with E-state index in [9.17, 15) is 4.79 Å². The molecule has 0 aliphatic carbocycles. The summed E-state index contributed by atoms with van der Waals surface area (Å²) in [6.45, 7) is 2.15. The number of aliphatic hydroxyl groups is 1. The maximum atomic E-state index is 11.8. The summed E-state index contributed by atoms with van der Waals surface area (Å²) >= 11 is 0. The highest BCUT2D eigenvalue weighted by Crippen LogP contribution is 2.13. The first-order chi connectivity index (χ1) is 7.06. The average Bonchev–Trinajstić information content (AvgIpc) is 2.17. The number of nitrogens with two attached hydrogens (primary N) is 1. The molecule has 4 heteroatoms. The molecule has 0 spiro atoms. The van der Waals surface area contributed by atoms with Gasteiger partial charge < -0.3 is 15.7 Å². The van der Waals surface area contributed by atoms with Gasteiger partial charge in [0.1, 0.15) is 0 Å². The standard InChI is InChI=1S/C11H16N2O2/c1-8-7-9(12)3-4-10(8)11(15)13(2)5-6-14/h3-4,7,14H,5-6,12H2,1-2H3. The predicted molar refractivity (Wildman–Crippen MR) is 59.6 cm³/mol. The fourth-order valence-electron chi connectivity index (χ4n) is 1.38. The SMILES string of the molecule is Cc1cc(N)ccc1C(=O)N(C)CCO. The van der Waals surface area contributed by atoms with Gasteiger partial charge in [0, 0.05) is 24.8 Å². The van der Waals surface area contributed by atoms with Crippen LogP contribution in [0.2, 0.25) is 0 Å². The molecular formula is C11H16N2O2. The fraction of sp³-hybridized carbons (Fsp3) is 0.364. The van der Waals surface area contributed by atoms with Crippen molar-refractivity contribution in [3.63, 3.8) is 0 Å². The van der Waals surface area contributed by atoms with E-state index in [2.05, 4.69) is 0 Å². The third-order valence-electron chi connectivity index (χ3n) is 2.26. The minimum atomic E-state index is -0.0958. The van der Waals surface area contributed by atoms with E-state index < -0.39 is 0 Å². The van der Waals surface area contributed by atoms with Crippen molar-refractivity contribution in [2.75, 3.05) is 25.9 Å². The van der Waals surface area contributed by atoms with E-state index in [4.69, 9.17) is 10.8 Å². The van der Waals surface area contributed by atoms with E-state index in [-0.39, 0.29) is 12.5 Å². The molecule has 4 nitrogen and oxygen atoms in total. The zero-order chi connectivity index (χ0) is 11.4. The molecule has 0 radical (unpaired) electrons. The first-order valence-corrected chi connectivity index (χ1v) is 4.78. The molecule has 0 fully saturated rings. The Balaban J connectivity index is 2.91. The Morgan fingerprint density at radius 2 is 2.20 bits per heavy atom. The average molecular weight is 208 g/mol. The van der Waals surface area contributed by atoms with Crippen molar-refractivity contribution < 1.29 is 9.90 Å². The molecule has 0 saturated carbocycles. The van der Waals surface area contributed by atoms with Crippen molar-refractivity contribution in [3.8, 4) is 0 Å². The van der Waals surface area contributed by atoms with Crippen LogP contribution in [-0.2, 0) is 0 Å². The molecule has 0 atom stereocenters. The summed E-state index contributed by atoms with van der Waals surface area (Å²) in [5.41, 5.74) is 7.72. The number of aliphatic hydroxyl groups excluding tert-OH is 1. The molecule has 0 bridgehead atoms. The highest BCUT2D eigenvalue weighted by atomic mass is 16.3. The number of hydrogen-bond acceptors (Lipinski definition) is 3. The van der Waals surface area contributed by atoms with E-state index in [0.29, 0.717) is 17.8 Å². The van der Waals surface area contributed by atoms with Gasteiger partial charge in [-0.15, -0.1) is 0 Å². The van der Waals surface area contributed by atoms with Crippen LogP contribution in [-0.4, -0.2) is 36.1 Å². The van der Waals surface area contributed by atoms with Crippen molar-refractivity contribution in [3.05, 3.63) is 29.3 Å². The van der Waals surface area contributed by atoms with Gasteiger partial charge in [-0.3, -0.25) is 4.79 Å². The van der Waals surface area contributed by atoms with E-state index in [0.717, 1.165) is 5.56 Å². The van der Waals surface area contributed by atoms with Crippen LogP contribution in [0.5, 0.6) is 0 Å². The van der Waals surface area contributed by atoms with E-state index in [1.807, 2.05) is 6.92 Å². The maximum Gasteiger partial charge on any atom is 0.253 e. The van der Waals surface area contributed by atoms with Crippen LogP contribution in [0.15, 0.2) is 18.2 Å². The van der Waals surface area contributed by atoms with Crippen LogP contribution in [0, 0.1) is 6.92 Å². The minimum absolute atomic E-state index is 0.0315. The molecule has 3 N–H and O–H groups in total. The van der Waals surface area contributed by atoms with Crippen LogP contribution < -0.4 is 5.73 Å². The number of carbonyl (C=O) groups is 1. The van der Waals surface area contributed by atoms with E-state index >= 15 is 0 Å². The molecule has 1 aromatic rings. The lowest BCUT2D eigenvalue weighted by Gasteiger charge is -2.17. The van der Waals surface area contributed by atoms with Crippen molar-refractivity contribution in [1.82, 2.24) is 4.90 Å². The highest BCUT2D eigenvalue weighted by Gasteiger charge is 2.13. The second-order valence-corrected chi connectivity index (χ2v) is 3.52. The van der Waals surface area contributed by atoms with Gasteiger partial charge in [-0.25, -0.2) is 0 Å². The molecule has 0 heterocycles. The number of aryl methyl sites for hydroxylation is 1. The Hall–Kier alpha value is -1.55. The monoisotopic (exact) mass is 208 g/mol. The molecule has 0 aliphatic rings. The summed E-state index contributed by atoms with van der Waals surface area (Å²) in [6, 6.07) is 5.17. The molecule has 1 amide bonds. The van der Waals surface area contributed by atoms with Gasteiger partial charge in [0.15, 0.2) is 0 Å². The second-order valence-electron chi connectivity index (χ2n) is 3.52. The normalized spacial score (nSPS) is 10.1. The summed E-state index contributed by atoms with van der Waals surface area (Å²) in [7, 11) is 1.66. The number of amides is 1. The number of rotatable bonds is 3. The number of benzene rings is 1. The largest absolute Gasteiger partial charge is 0.399 e. The zero-order valence-electron chi connectivity index (χ0n) is 9.03.